The van der Waals surface area contributed by atoms with E-state index in [1.165, 1.54) is 0 Å². The Morgan fingerprint density at radius 3 is 2.00 bits per heavy atom. The van der Waals surface area contributed by atoms with Crippen LogP contribution in [-0.2, 0) is 4.79 Å². The van der Waals surface area contributed by atoms with Crippen LogP contribution in [0.2, 0.25) is 0 Å². The van der Waals surface area contributed by atoms with E-state index in [9.17, 15) is 4.79 Å². The Kier molecular flexibility index (Phi) is 3.36. The van der Waals surface area contributed by atoms with Crippen molar-refractivity contribution in [3.05, 3.63) is 0 Å². The molecular formula is C7H14BrNO. The van der Waals surface area contributed by atoms with Gasteiger partial charge in [-0.3, -0.25) is 4.79 Å². The fourth-order valence-corrected chi connectivity index (χ4v) is 0.902. The molecule has 0 aliphatic rings. The van der Waals surface area contributed by atoms with Gasteiger partial charge in [0.2, 0.25) is 5.91 Å². The molecule has 0 bridgehead atoms. The number of amides is 1. The van der Waals surface area contributed by atoms with Gasteiger partial charge >= 0.3 is 0 Å². The molecule has 0 rings (SSSR count). The molecule has 0 saturated heterocycles. The molecule has 0 N–H and O–H groups in total. The van der Waals surface area contributed by atoms with Gasteiger partial charge in [-0.25, -0.2) is 0 Å². The summed E-state index contributed by atoms with van der Waals surface area (Å²) >= 11 is 3.29. The number of carbonyl (C=O) groups is 1. The average molecular weight is 208 g/mol. The number of alkyl halides is 1. The van der Waals surface area contributed by atoms with Gasteiger partial charge in [0, 0.05) is 19.4 Å². The zero-order valence-electron chi connectivity index (χ0n) is 6.94. The molecule has 0 aliphatic heterocycles. The van der Waals surface area contributed by atoms with Crippen molar-refractivity contribution >= 4 is 21.8 Å². The molecule has 10 heavy (non-hydrogen) atoms. The van der Waals surface area contributed by atoms with Crippen LogP contribution in [0, 0.1) is 5.41 Å². The lowest BCUT2D eigenvalue weighted by atomic mass is 9.95. The number of hydrogen-bond acceptors (Lipinski definition) is 1. The van der Waals surface area contributed by atoms with Gasteiger partial charge in [-0.2, -0.15) is 0 Å². The van der Waals surface area contributed by atoms with Crippen molar-refractivity contribution in [1.29, 1.82) is 0 Å². The molecule has 0 aliphatic carbocycles. The fourth-order valence-electron chi connectivity index (χ4n) is 0.662. The maximum absolute atomic E-state index is 11.3. The molecule has 0 saturated carbocycles. The minimum absolute atomic E-state index is 0.157. The Morgan fingerprint density at radius 2 is 1.90 bits per heavy atom. The van der Waals surface area contributed by atoms with Crippen molar-refractivity contribution in [3.63, 3.8) is 0 Å². The highest BCUT2D eigenvalue weighted by molar-refractivity contribution is 9.09. The summed E-state index contributed by atoms with van der Waals surface area (Å²) in [5.74, 6) is 0.157. The van der Waals surface area contributed by atoms with Crippen molar-refractivity contribution < 1.29 is 4.79 Å². The second kappa shape index (κ2) is 3.37. The third-order valence-electron chi connectivity index (χ3n) is 1.32. The van der Waals surface area contributed by atoms with E-state index in [1.54, 1.807) is 19.0 Å². The van der Waals surface area contributed by atoms with Crippen molar-refractivity contribution in [2.45, 2.75) is 13.8 Å². The first-order valence-corrected chi connectivity index (χ1v) is 4.31. The van der Waals surface area contributed by atoms with Gasteiger partial charge in [0.1, 0.15) is 0 Å². The van der Waals surface area contributed by atoms with Crippen LogP contribution in [0.3, 0.4) is 0 Å². The summed E-state index contributed by atoms with van der Waals surface area (Å²) in [6.45, 7) is 3.84. The first-order valence-electron chi connectivity index (χ1n) is 3.19. The highest BCUT2D eigenvalue weighted by atomic mass is 79.9. The predicted molar refractivity (Wildman–Crippen MR) is 46.3 cm³/mol. The van der Waals surface area contributed by atoms with E-state index in [-0.39, 0.29) is 11.3 Å². The lowest BCUT2D eigenvalue weighted by Gasteiger charge is -2.24. The molecule has 60 valence electrons. The first kappa shape index (κ1) is 9.95. The molecule has 0 heterocycles. The Balaban J connectivity index is 4.19. The summed E-state index contributed by atoms with van der Waals surface area (Å²) < 4.78 is 0. The van der Waals surface area contributed by atoms with E-state index in [1.807, 2.05) is 13.8 Å². The summed E-state index contributed by atoms with van der Waals surface area (Å²) in [6, 6.07) is 0. The molecule has 0 unspecified atom stereocenters. The van der Waals surface area contributed by atoms with Crippen LogP contribution < -0.4 is 0 Å². The first-order chi connectivity index (χ1) is 4.41. The van der Waals surface area contributed by atoms with E-state index in [2.05, 4.69) is 15.9 Å². The highest BCUT2D eigenvalue weighted by Gasteiger charge is 2.27. The van der Waals surface area contributed by atoms with Crippen molar-refractivity contribution in [2.75, 3.05) is 19.4 Å². The fraction of sp³-hybridized carbons (Fsp3) is 0.857. The lowest BCUT2D eigenvalue weighted by molar-refractivity contribution is -0.136. The molecule has 0 atom stereocenters. The van der Waals surface area contributed by atoms with E-state index >= 15 is 0 Å². The molecule has 3 heteroatoms. The zero-order valence-corrected chi connectivity index (χ0v) is 8.53. The van der Waals surface area contributed by atoms with Crippen molar-refractivity contribution in [3.8, 4) is 0 Å². The number of rotatable bonds is 2. The third kappa shape index (κ3) is 2.29. The standard InChI is InChI=1S/C7H14BrNO/c1-7(2,5-8)6(10)9(3)4/h5H2,1-4H3. The van der Waals surface area contributed by atoms with E-state index in [0.29, 0.717) is 5.33 Å². The van der Waals surface area contributed by atoms with Crippen molar-refractivity contribution in [1.82, 2.24) is 4.90 Å². The molecule has 0 aromatic rings. The van der Waals surface area contributed by atoms with E-state index in [0.717, 1.165) is 0 Å². The summed E-state index contributed by atoms with van der Waals surface area (Å²) in [7, 11) is 3.54. The molecule has 0 radical (unpaired) electrons. The zero-order chi connectivity index (χ0) is 8.36. The monoisotopic (exact) mass is 207 g/mol. The van der Waals surface area contributed by atoms with Gasteiger partial charge in [-0.1, -0.05) is 29.8 Å². The van der Waals surface area contributed by atoms with Gasteiger partial charge in [-0.15, -0.1) is 0 Å². The Hall–Kier alpha value is -0.0500. The number of carbonyl (C=O) groups excluding carboxylic acids is 1. The second-order valence-electron chi connectivity index (χ2n) is 3.22. The maximum atomic E-state index is 11.3. The summed E-state index contributed by atoms with van der Waals surface area (Å²) in [4.78, 5) is 12.9. The number of halogens is 1. The second-order valence-corrected chi connectivity index (χ2v) is 3.78. The normalized spacial score (nSPS) is 11.3. The average Bonchev–Trinajstić information content (AvgIpc) is 1.86. The maximum Gasteiger partial charge on any atom is 0.228 e. The van der Waals surface area contributed by atoms with Crippen LogP contribution in [0.1, 0.15) is 13.8 Å². The highest BCUT2D eigenvalue weighted by Crippen LogP contribution is 2.19. The van der Waals surface area contributed by atoms with Crippen LogP contribution in [0.15, 0.2) is 0 Å². The van der Waals surface area contributed by atoms with Gasteiger partial charge in [-0.05, 0) is 0 Å². The summed E-state index contributed by atoms with van der Waals surface area (Å²) in [5, 5.41) is 0.705. The van der Waals surface area contributed by atoms with Crippen LogP contribution in [0.4, 0.5) is 0 Å². The SMILES string of the molecule is CN(C)C(=O)C(C)(C)CBr. The van der Waals surface area contributed by atoms with E-state index in [4.69, 9.17) is 0 Å². The predicted octanol–water partition coefficient (Wildman–Crippen LogP) is 1.50. The lowest BCUT2D eigenvalue weighted by Crippen LogP contribution is -2.36. The molecule has 1 amide bonds. The van der Waals surface area contributed by atoms with Crippen LogP contribution in [0.25, 0.3) is 0 Å². The molecular weight excluding hydrogens is 194 g/mol. The number of nitrogens with zero attached hydrogens (tertiary/aromatic N) is 1. The molecule has 0 aromatic heterocycles. The van der Waals surface area contributed by atoms with Crippen LogP contribution in [-0.4, -0.2) is 30.2 Å². The van der Waals surface area contributed by atoms with E-state index < -0.39 is 0 Å². The largest absolute Gasteiger partial charge is 0.348 e. The quantitative estimate of drug-likeness (QED) is 0.629. The van der Waals surface area contributed by atoms with Crippen molar-refractivity contribution in [2.24, 2.45) is 5.41 Å². The van der Waals surface area contributed by atoms with Crippen LogP contribution in [0.5, 0.6) is 0 Å². The molecule has 0 spiro atoms. The molecule has 0 fully saturated rings. The third-order valence-corrected chi connectivity index (χ3v) is 2.72. The van der Waals surface area contributed by atoms with Gasteiger partial charge in [0.15, 0.2) is 0 Å². The summed E-state index contributed by atoms with van der Waals surface area (Å²) in [6.07, 6.45) is 0. The smallest absolute Gasteiger partial charge is 0.228 e. The van der Waals surface area contributed by atoms with Gasteiger partial charge in [0.25, 0.3) is 0 Å². The van der Waals surface area contributed by atoms with Crippen LogP contribution >= 0.6 is 15.9 Å². The topological polar surface area (TPSA) is 20.3 Å². The number of hydrogen-bond donors (Lipinski definition) is 0. The molecule has 2 nitrogen and oxygen atoms in total. The van der Waals surface area contributed by atoms with Gasteiger partial charge < -0.3 is 4.90 Å². The van der Waals surface area contributed by atoms with Gasteiger partial charge in [0.05, 0.1) is 5.41 Å². The Morgan fingerprint density at radius 1 is 1.50 bits per heavy atom. The minimum atomic E-state index is -0.274. The minimum Gasteiger partial charge on any atom is -0.348 e. The Bertz CT molecular complexity index is 132. The Labute approximate surface area is 70.7 Å². The molecule has 0 aromatic carbocycles. The summed E-state index contributed by atoms with van der Waals surface area (Å²) in [5.41, 5.74) is -0.274.